The Morgan fingerprint density at radius 3 is 2.75 bits per heavy atom. The molecule has 2 aromatic carbocycles. The summed E-state index contributed by atoms with van der Waals surface area (Å²) in [7, 11) is 1.54. The zero-order chi connectivity index (χ0) is 17.1. The van der Waals surface area contributed by atoms with Gasteiger partial charge in [0.05, 0.1) is 18.2 Å². The summed E-state index contributed by atoms with van der Waals surface area (Å²) in [5.74, 6) is 0.401. The molecule has 1 heterocycles. The third-order valence-electron chi connectivity index (χ3n) is 3.74. The maximum Gasteiger partial charge on any atom is 0.189 e. The smallest absolute Gasteiger partial charge is 0.189 e. The van der Waals surface area contributed by atoms with Gasteiger partial charge in [0, 0.05) is 10.9 Å². The lowest BCUT2D eigenvalue weighted by Gasteiger charge is -2.05. The van der Waals surface area contributed by atoms with Crippen LogP contribution in [0.4, 0.5) is 0 Å². The molecule has 0 spiro atoms. The average Bonchev–Trinajstić information content (AvgIpc) is 2.60. The lowest BCUT2D eigenvalue weighted by Crippen LogP contribution is -1.98. The minimum atomic E-state index is -0.146. The SMILES string of the molecule is COc1ccccc1C(=O)/C=C/c1cc2cc(C)ccc2nc1Cl. The third kappa shape index (κ3) is 3.31. The third-order valence-corrected chi connectivity index (χ3v) is 4.04. The number of halogens is 1. The first-order valence-electron chi connectivity index (χ1n) is 7.51. The Balaban J connectivity index is 1.95. The van der Waals surface area contributed by atoms with Crippen LogP contribution in [0.1, 0.15) is 21.5 Å². The minimum absolute atomic E-state index is 0.146. The molecule has 3 nitrogen and oxygen atoms in total. The van der Waals surface area contributed by atoms with Gasteiger partial charge in [-0.15, -0.1) is 0 Å². The molecule has 0 saturated heterocycles. The van der Waals surface area contributed by atoms with Gasteiger partial charge in [-0.3, -0.25) is 4.79 Å². The van der Waals surface area contributed by atoms with Crippen molar-refractivity contribution in [3.05, 3.63) is 76.5 Å². The van der Waals surface area contributed by atoms with Crippen LogP contribution in [0.5, 0.6) is 5.75 Å². The number of aromatic nitrogens is 1. The molecule has 0 saturated carbocycles. The monoisotopic (exact) mass is 337 g/mol. The Hall–Kier alpha value is -2.65. The first kappa shape index (κ1) is 16.2. The summed E-state index contributed by atoms with van der Waals surface area (Å²) in [5.41, 5.74) is 3.19. The zero-order valence-electron chi connectivity index (χ0n) is 13.4. The first-order valence-corrected chi connectivity index (χ1v) is 7.88. The van der Waals surface area contributed by atoms with Crippen LogP contribution >= 0.6 is 11.6 Å². The largest absolute Gasteiger partial charge is 0.496 e. The molecular weight excluding hydrogens is 322 g/mol. The van der Waals surface area contributed by atoms with Gasteiger partial charge in [-0.2, -0.15) is 0 Å². The zero-order valence-corrected chi connectivity index (χ0v) is 14.2. The van der Waals surface area contributed by atoms with Crippen molar-refractivity contribution < 1.29 is 9.53 Å². The van der Waals surface area contributed by atoms with E-state index in [0.717, 1.165) is 16.5 Å². The number of ether oxygens (including phenoxy) is 1. The number of carbonyl (C=O) groups excluding carboxylic acids is 1. The summed E-state index contributed by atoms with van der Waals surface area (Å²) in [5, 5.41) is 1.36. The molecule has 120 valence electrons. The number of ketones is 1. The molecular formula is C20H16ClNO2. The van der Waals surface area contributed by atoms with Gasteiger partial charge in [0.1, 0.15) is 10.9 Å². The number of fused-ring (bicyclic) bond motifs is 1. The number of methoxy groups -OCH3 is 1. The highest BCUT2D eigenvalue weighted by Gasteiger charge is 2.09. The van der Waals surface area contributed by atoms with Gasteiger partial charge in [-0.1, -0.05) is 35.4 Å². The maximum absolute atomic E-state index is 12.4. The molecule has 0 bridgehead atoms. The second kappa shape index (κ2) is 6.85. The number of benzene rings is 2. The normalized spacial score (nSPS) is 11.1. The van der Waals surface area contributed by atoms with E-state index in [4.69, 9.17) is 16.3 Å². The molecule has 0 unspecified atom stereocenters. The molecule has 0 amide bonds. The van der Waals surface area contributed by atoms with E-state index in [1.54, 1.807) is 31.4 Å². The topological polar surface area (TPSA) is 39.2 Å². The average molecular weight is 338 g/mol. The Bertz CT molecular complexity index is 948. The van der Waals surface area contributed by atoms with Crippen LogP contribution in [0.2, 0.25) is 5.15 Å². The molecule has 1 aromatic heterocycles. The van der Waals surface area contributed by atoms with E-state index in [2.05, 4.69) is 4.98 Å². The van der Waals surface area contributed by atoms with E-state index in [1.165, 1.54) is 6.08 Å². The number of aryl methyl sites for hydroxylation is 1. The number of rotatable bonds is 4. The van der Waals surface area contributed by atoms with Crippen molar-refractivity contribution in [3.8, 4) is 5.75 Å². The number of pyridine rings is 1. The molecule has 0 aliphatic heterocycles. The standard InChI is InChI=1S/C20H16ClNO2/c1-13-7-9-17-15(11-13)12-14(20(21)22-17)8-10-18(23)16-5-3-4-6-19(16)24-2/h3-12H,1-2H3/b10-8+. The van der Waals surface area contributed by atoms with E-state index >= 15 is 0 Å². The van der Waals surface area contributed by atoms with Gasteiger partial charge < -0.3 is 4.74 Å². The van der Waals surface area contributed by atoms with Crippen LogP contribution in [0.3, 0.4) is 0 Å². The van der Waals surface area contributed by atoms with Crippen LogP contribution in [0.15, 0.2) is 54.6 Å². The van der Waals surface area contributed by atoms with Crippen molar-refractivity contribution in [2.45, 2.75) is 6.92 Å². The van der Waals surface area contributed by atoms with E-state index in [1.807, 2.05) is 37.3 Å². The second-order valence-corrected chi connectivity index (χ2v) is 5.82. The van der Waals surface area contributed by atoms with Crippen molar-refractivity contribution in [1.82, 2.24) is 4.98 Å². The predicted molar refractivity (Wildman–Crippen MR) is 97.8 cm³/mol. The quantitative estimate of drug-likeness (QED) is 0.377. The van der Waals surface area contributed by atoms with Crippen molar-refractivity contribution >= 4 is 34.4 Å². The maximum atomic E-state index is 12.4. The lowest BCUT2D eigenvalue weighted by atomic mass is 10.1. The van der Waals surface area contributed by atoms with E-state index in [9.17, 15) is 4.79 Å². The van der Waals surface area contributed by atoms with Gasteiger partial charge >= 0.3 is 0 Å². The summed E-state index contributed by atoms with van der Waals surface area (Å²) < 4.78 is 5.22. The number of allylic oxidation sites excluding steroid dienone is 1. The predicted octanol–water partition coefficient (Wildman–Crippen LogP) is 5.10. The summed E-state index contributed by atoms with van der Waals surface area (Å²) in [6, 6.07) is 15.0. The minimum Gasteiger partial charge on any atom is -0.496 e. The Kier molecular flexibility index (Phi) is 4.63. The van der Waals surface area contributed by atoms with Crippen molar-refractivity contribution in [2.24, 2.45) is 0 Å². The van der Waals surface area contributed by atoms with Crippen molar-refractivity contribution in [1.29, 1.82) is 0 Å². The summed E-state index contributed by atoms with van der Waals surface area (Å²) >= 11 is 6.23. The van der Waals surface area contributed by atoms with Gasteiger partial charge in [0.2, 0.25) is 0 Å². The fraction of sp³-hybridized carbons (Fsp3) is 0.100. The Morgan fingerprint density at radius 2 is 1.96 bits per heavy atom. The molecule has 0 atom stereocenters. The lowest BCUT2D eigenvalue weighted by molar-refractivity contribution is 0.104. The molecule has 0 aliphatic rings. The first-order chi connectivity index (χ1) is 11.6. The summed E-state index contributed by atoms with van der Waals surface area (Å²) in [6.45, 7) is 2.02. The van der Waals surface area contributed by atoms with Gasteiger partial charge in [-0.25, -0.2) is 4.98 Å². The highest BCUT2D eigenvalue weighted by molar-refractivity contribution is 6.31. The number of hydrogen-bond acceptors (Lipinski definition) is 3. The summed E-state index contributed by atoms with van der Waals surface area (Å²) in [6.07, 6.45) is 3.17. The molecule has 0 N–H and O–H groups in total. The molecule has 24 heavy (non-hydrogen) atoms. The number of carbonyl (C=O) groups is 1. The highest BCUT2D eigenvalue weighted by Crippen LogP contribution is 2.24. The molecule has 3 aromatic rings. The molecule has 4 heteroatoms. The van der Waals surface area contributed by atoms with Crippen molar-refractivity contribution in [3.63, 3.8) is 0 Å². The molecule has 3 rings (SSSR count). The second-order valence-electron chi connectivity index (χ2n) is 5.46. The van der Waals surface area contributed by atoms with E-state index < -0.39 is 0 Å². The van der Waals surface area contributed by atoms with Gasteiger partial charge in [0.15, 0.2) is 5.78 Å². The number of nitrogens with zero attached hydrogens (tertiary/aromatic N) is 1. The van der Waals surface area contributed by atoms with Crippen LogP contribution < -0.4 is 4.74 Å². The Labute approximate surface area is 145 Å². The van der Waals surface area contributed by atoms with Crippen LogP contribution in [-0.2, 0) is 0 Å². The number of para-hydroxylation sites is 1. The van der Waals surface area contributed by atoms with Crippen molar-refractivity contribution in [2.75, 3.05) is 7.11 Å². The fourth-order valence-corrected chi connectivity index (χ4v) is 2.72. The van der Waals surface area contributed by atoms with E-state index in [-0.39, 0.29) is 5.78 Å². The van der Waals surface area contributed by atoms with Gasteiger partial charge in [0.25, 0.3) is 0 Å². The number of hydrogen-bond donors (Lipinski definition) is 0. The molecule has 0 fully saturated rings. The van der Waals surface area contributed by atoms with Gasteiger partial charge in [-0.05, 0) is 49.4 Å². The molecule has 0 radical (unpaired) electrons. The Morgan fingerprint density at radius 1 is 1.17 bits per heavy atom. The highest BCUT2D eigenvalue weighted by atomic mass is 35.5. The van der Waals surface area contributed by atoms with E-state index in [0.29, 0.717) is 22.0 Å². The van der Waals surface area contributed by atoms with Crippen LogP contribution in [-0.4, -0.2) is 17.9 Å². The summed E-state index contributed by atoms with van der Waals surface area (Å²) in [4.78, 5) is 16.8. The molecule has 0 aliphatic carbocycles. The van der Waals surface area contributed by atoms with Crippen LogP contribution in [0.25, 0.3) is 17.0 Å². The fourth-order valence-electron chi connectivity index (χ4n) is 2.51. The van der Waals surface area contributed by atoms with Crippen LogP contribution in [0, 0.1) is 6.92 Å².